The predicted octanol–water partition coefficient (Wildman–Crippen LogP) is -1.10. The van der Waals surface area contributed by atoms with Crippen molar-refractivity contribution in [3.05, 3.63) is 12.7 Å². The summed E-state index contributed by atoms with van der Waals surface area (Å²) in [5.41, 5.74) is 5.94. The number of aromatic nitrogens is 4. The fourth-order valence-corrected chi connectivity index (χ4v) is 7.22. The number of imidazole rings is 1. The molecule has 21 nitrogen and oxygen atoms in total. The van der Waals surface area contributed by atoms with Crippen LogP contribution in [-0.2, 0) is 41.5 Å². The lowest BCUT2D eigenvalue weighted by Crippen LogP contribution is -2.53. The third-order valence-corrected chi connectivity index (χ3v) is 9.32. The summed E-state index contributed by atoms with van der Waals surface area (Å²) in [6.07, 6.45) is -11.8. The number of nitrogens with two attached hydrogens (primary N) is 1. The Morgan fingerprint density at radius 2 is 1.69 bits per heavy atom. The van der Waals surface area contributed by atoms with Gasteiger partial charge in [-0.1, -0.05) is 0 Å². The van der Waals surface area contributed by atoms with Gasteiger partial charge in [-0.05, 0) is 0 Å². The Labute approximate surface area is 249 Å². The number of guanidine groups is 1. The first-order valence-corrected chi connectivity index (χ1v) is 15.9. The van der Waals surface area contributed by atoms with E-state index in [1.807, 2.05) is 0 Å². The molecule has 5 aliphatic rings. The molecule has 2 aromatic heterocycles. The number of nitrogen functional groups attached to an aromatic ring is 1. The van der Waals surface area contributed by atoms with Gasteiger partial charge in [0, 0.05) is 0 Å². The minimum absolute atomic E-state index is 0.0185. The molecule has 7 heterocycles. The first kappa shape index (κ1) is 30.3. The van der Waals surface area contributed by atoms with E-state index in [1.54, 1.807) is 0 Å². The zero-order valence-corrected chi connectivity index (χ0v) is 24.1. The molecule has 11 atom stereocenters. The Morgan fingerprint density at radius 1 is 1.00 bits per heavy atom. The number of rotatable bonds is 2. The van der Waals surface area contributed by atoms with Crippen LogP contribution in [-0.4, -0.2) is 120 Å². The molecule has 5 aliphatic heterocycles. The molecule has 6 N–H and O–H groups in total. The molecule has 2 bridgehead atoms. The Morgan fingerprint density at radius 3 is 2.44 bits per heavy atom. The normalized spacial score (nSPS) is 42.0. The van der Waals surface area contributed by atoms with Gasteiger partial charge in [-0.25, -0.2) is 32.9 Å². The van der Waals surface area contributed by atoms with Crippen LogP contribution in [0, 0.1) is 5.41 Å². The Bertz CT molecular complexity index is 1730. The third kappa shape index (κ3) is 5.33. The van der Waals surface area contributed by atoms with Crippen molar-refractivity contribution in [3.8, 4) is 0 Å². The molecule has 242 valence electrons. The van der Waals surface area contributed by atoms with E-state index in [0.29, 0.717) is 0 Å². The molecule has 45 heavy (non-hydrogen) atoms. The van der Waals surface area contributed by atoms with Gasteiger partial charge in [-0.3, -0.25) is 48.1 Å². The van der Waals surface area contributed by atoms with E-state index in [2.05, 4.69) is 30.3 Å². The maximum atomic E-state index is 15.9. The highest BCUT2D eigenvalue weighted by Gasteiger charge is 2.57. The van der Waals surface area contributed by atoms with Gasteiger partial charge in [0.1, 0.15) is 36.3 Å². The average molecular weight is 678 g/mol. The summed E-state index contributed by atoms with van der Waals surface area (Å²) in [5, 5.41) is 9.86. The lowest BCUT2D eigenvalue weighted by Gasteiger charge is -2.30. The van der Waals surface area contributed by atoms with Crippen LogP contribution in [0.15, 0.2) is 22.6 Å². The van der Waals surface area contributed by atoms with E-state index in [1.165, 1.54) is 0 Å². The van der Waals surface area contributed by atoms with E-state index in [-0.39, 0.29) is 22.8 Å². The van der Waals surface area contributed by atoms with Crippen molar-refractivity contribution in [1.29, 1.82) is 5.41 Å². The van der Waals surface area contributed by atoms with E-state index < -0.39 is 96.0 Å². The lowest BCUT2D eigenvalue weighted by atomic mass is 10.1. The van der Waals surface area contributed by atoms with Crippen LogP contribution in [0.25, 0.3) is 11.2 Å². The van der Waals surface area contributed by atoms with Crippen LogP contribution in [0.5, 0.6) is 0 Å². The zero-order valence-electron chi connectivity index (χ0n) is 22.3. The second-order valence-electron chi connectivity index (χ2n) is 10.2. The molecule has 1 amide bonds. The summed E-state index contributed by atoms with van der Waals surface area (Å²) >= 11 is 0. The molecular formula is C20H22F2N10O11P2. The van der Waals surface area contributed by atoms with Crippen molar-refractivity contribution < 1.29 is 60.1 Å². The molecule has 5 unspecified atom stereocenters. The summed E-state index contributed by atoms with van der Waals surface area (Å²) < 4.78 is 90.2. The van der Waals surface area contributed by atoms with E-state index in [4.69, 9.17) is 38.7 Å². The molecule has 2 aromatic rings. The highest BCUT2D eigenvalue weighted by molar-refractivity contribution is 7.47. The number of phosphoric ester groups is 2. The van der Waals surface area contributed by atoms with Gasteiger partial charge in [-0.15, -0.1) is 0 Å². The molecule has 0 aromatic carbocycles. The van der Waals surface area contributed by atoms with Gasteiger partial charge in [0.05, 0.1) is 25.9 Å². The van der Waals surface area contributed by atoms with Crippen molar-refractivity contribution in [2.45, 2.75) is 55.3 Å². The third-order valence-electron chi connectivity index (χ3n) is 7.35. The van der Waals surface area contributed by atoms with E-state index in [0.717, 1.165) is 28.5 Å². The molecule has 25 heteroatoms. The first-order valence-electron chi connectivity index (χ1n) is 12.9. The summed E-state index contributed by atoms with van der Waals surface area (Å²) in [7, 11) is -10.4. The highest BCUT2D eigenvalue weighted by Crippen LogP contribution is 2.53. The number of alkyl halides is 2. The maximum Gasteiger partial charge on any atom is 0.472 e. The first-order chi connectivity index (χ1) is 21.3. The summed E-state index contributed by atoms with van der Waals surface area (Å²) in [5.74, 6) is -1.47. The number of ether oxygens (including phenoxy) is 2. The number of anilines is 1. The van der Waals surface area contributed by atoms with Gasteiger partial charge in [-0.2, -0.15) is 4.99 Å². The number of carbonyl (C=O) groups excluding carboxylic acids is 1. The number of phosphoric acid groups is 2. The fraction of sp³-hybridized carbons (Fsp3) is 0.550. The minimum atomic E-state index is -5.24. The molecule has 0 saturated carbocycles. The molecule has 3 saturated heterocycles. The fourth-order valence-electron chi connectivity index (χ4n) is 5.34. The predicted molar refractivity (Wildman–Crippen MR) is 141 cm³/mol. The van der Waals surface area contributed by atoms with Crippen molar-refractivity contribution in [2.75, 3.05) is 18.9 Å². The maximum absolute atomic E-state index is 15.9. The summed E-state index contributed by atoms with van der Waals surface area (Å²) in [4.78, 5) is 54.0. The van der Waals surface area contributed by atoms with Crippen LogP contribution in [0.1, 0.15) is 6.23 Å². The smallest absolute Gasteiger partial charge is 0.382 e. The average Bonchev–Trinajstić information content (AvgIpc) is 3.72. The number of hydrogen-bond acceptors (Lipinski definition) is 16. The van der Waals surface area contributed by atoms with Crippen molar-refractivity contribution in [2.24, 2.45) is 9.98 Å². The van der Waals surface area contributed by atoms with Gasteiger partial charge in [0.15, 0.2) is 48.1 Å². The summed E-state index contributed by atoms with van der Waals surface area (Å²) in [6.45, 7) is -1.95. The monoisotopic (exact) mass is 678 g/mol. The van der Waals surface area contributed by atoms with Crippen LogP contribution in [0.2, 0.25) is 0 Å². The molecule has 7 rings (SSSR count). The van der Waals surface area contributed by atoms with Crippen LogP contribution in [0.3, 0.4) is 0 Å². The Kier molecular flexibility index (Phi) is 7.32. The van der Waals surface area contributed by atoms with Gasteiger partial charge >= 0.3 is 15.6 Å². The molecule has 0 aliphatic carbocycles. The van der Waals surface area contributed by atoms with Crippen LogP contribution < -0.4 is 11.1 Å². The van der Waals surface area contributed by atoms with Crippen molar-refractivity contribution >= 4 is 56.7 Å². The lowest BCUT2D eigenvalue weighted by molar-refractivity contribution is -0.119. The van der Waals surface area contributed by atoms with Crippen LogP contribution >= 0.6 is 15.6 Å². The van der Waals surface area contributed by atoms with Gasteiger partial charge in [0.2, 0.25) is 5.96 Å². The SMILES string of the molecule is N=C1N=C2C(N=CN2[C@@H]2O[C@@H]3COP(=O)(O)OC4[C@@H](COP(=O)(O)O[C@H]2C3F)O[C@@H](n2cnc3c(N)ncnc32)[C@H]4F)C(=O)N1. The standard InChI is InChI=1S/C20H22F2N10O11P2/c21-8-6-1-38-44(34,35)42-12-7(41-18(9(12)22)31-4-27-10-14(23)25-3-26-15(10)31)2-39-45(36,37)43-13(8)19(40-6)32-5-28-11-16(32)29-20(24)30-17(11)33/h3-9,11-13,18-19H,1-2H2,(H,34,35)(H,36,37)(H2,23,25,26)(H2,24,30,33)/t6-,7-,8?,9+,11?,12?,13+,18-,19-/m1/s1. The quantitative estimate of drug-likeness (QED) is 0.236. The molecule has 0 spiro atoms. The van der Waals surface area contributed by atoms with Gasteiger partial charge in [0.25, 0.3) is 5.91 Å². The number of hydrogen-bond donors (Lipinski definition) is 5. The molecule has 0 radical (unpaired) electrons. The number of halogens is 2. The minimum Gasteiger partial charge on any atom is -0.382 e. The number of fused-ring (bicyclic) bond motifs is 5. The number of amides is 1. The Balaban J connectivity index is 1.17. The highest BCUT2D eigenvalue weighted by atomic mass is 31.2. The second-order valence-corrected chi connectivity index (χ2v) is 13.0. The second kappa shape index (κ2) is 10.9. The number of nitrogens with one attached hydrogen (secondary N) is 2. The van der Waals surface area contributed by atoms with E-state index >= 15 is 8.78 Å². The Hall–Kier alpha value is -3.37. The van der Waals surface area contributed by atoms with Crippen LogP contribution in [0.4, 0.5) is 14.6 Å². The molecular weight excluding hydrogens is 656 g/mol. The molecule has 3 fully saturated rings. The van der Waals surface area contributed by atoms with E-state index in [9.17, 15) is 23.7 Å². The zero-order chi connectivity index (χ0) is 31.8. The van der Waals surface area contributed by atoms with Crippen molar-refractivity contribution in [1.82, 2.24) is 29.7 Å². The largest absolute Gasteiger partial charge is 0.472 e. The summed E-state index contributed by atoms with van der Waals surface area (Å²) in [6, 6.07) is -1.24. The number of aliphatic imine (C=N–C) groups is 2. The topological polar surface area (TPSA) is 281 Å². The number of amidine groups is 1. The number of nitrogens with zero attached hydrogens (tertiary/aromatic N) is 7. The van der Waals surface area contributed by atoms with Gasteiger partial charge < -0.3 is 25.0 Å². The number of carbonyl (C=O) groups is 1. The van der Waals surface area contributed by atoms with Crippen molar-refractivity contribution in [3.63, 3.8) is 0 Å².